The Bertz CT molecular complexity index is 920. The Morgan fingerprint density at radius 2 is 1.78 bits per heavy atom. The lowest BCUT2D eigenvalue weighted by Gasteiger charge is -2.31. The maximum absolute atomic E-state index is 12.9. The van der Waals surface area contributed by atoms with E-state index in [4.69, 9.17) is 16.3 Å². The molecule has 0 aromatic heterocycles. The van der Waals surface area contributed by atoms with E-state index >= 15 is 0 Å². The summed E-state index contributed by atoms with van der Waals surface area (Å²) < 4.78 is 5.57. The maximum Gasteiger partial charge on any atom is 0.253 e. The van der Waals surface area contributed by atoms with Gasteiger partial charge in [-0.05, 0) is 68.6 Å². The highest BCUT2D eigenvalue weighted by Crippen LogP contribution is 2.23. The van der Waals surface area contributed by atoms with Crippen LogP contribution >= 0.6 is 11.6 Å². The van der Waals surface area contributed by atoms with E-state index in [1.54, 1.807) is 12.1 Å². The molecule has 2 aromatic carbocycles. The summed E-state index contributed by atoms with van der Waals surface area (Å²) >= 11 is 5.96. The van der Waals surface area contributed by atoms with Gasteiger partial charge < -0.3 is 15.4 Å². The number of rotatable bonds is 7. The fourth-order valence-electron chi connectivity index (χ4n) is 4.33. The molecule has 0 unspecified atom stereocenters. The number of piperidine rings is 1. The fraction of sp³-hybridized carbons (Fsp3) is 0.440. The Morgan fingerprint density at radius 3 is 2.50 bits per heavy atom. The van der Waals surface area contributed by atoms with Crippen LogP contribution in [0.5, 0.6) is 0 Å². The smallest absolute Gasteiger partial charge is 0.253 e. The molecular formula is C25H30ClN3O3. The summed E-state index contributed by atoms with van der Waals surface area (Å²) in [5.41, 5.74) is 2.27. The van der Waals surface area contributed by atoms with Crippen molar-refractivity contribution in [2.24, 2.45) is 5.92 Å². The van der Waals surface area contributed by atoms with Crippen molar-refractivity contribution < 1.29 is 14.3 Å². The summed E-state index contributed by atoms with van der Waals surface area (Å²) in [6, 6.07) is 15.1. The summed E-state index contributed by atoms with van der Waals surface area (Å²) in [6.07, 6.45) is 3.68. The van der Waals surface area contributed by atoms with Gasteiger partial charge in [0.25, 0.3) is 5.91 Å². The number of halogens is 1. The van der Waals surface area contributed by atoms with Crippen molar-refractivity contribution in [1.82, 2.24) is 10.2 Å². The monoisotopic (exact) mass is 455 g/mol. The first-order valence-electron chi connectivity index (χ1n) is 11.3. The molecule has 7 heteroatoms. The zero-order valence-corrected chi connectivity index (χ0v) is 18.9. The number of anilines is 1. The quantitative estimate of drug-likeness (QED) is 0.659. The van der Waals surface area contributed by atoms with Crippen LogP contribution in [0, 0.1) is 5.92 Å². The highest BCUT2D eigenvalue weighted by atomic mass is 35.5. The van der Waals surface area contributed by atoms with E-state index in [-0.39, 0.29) is 23.8 Å². The Balaban J connectivity index is 1.28. The number of hydrogen-bond donors (Lipinski definition) is 2. The van der Waals surface area contributed by atoms with Gasteiger partial charge >= 0.3 is 0 Å². The number of amides is 2. The second-order valence-corrected chi connectivity index (χ2v) is 8.99. The molecule has 0 radical (unpaired) electrons. The lowest BCUT2D eigenvalue weighted by atomic mass is 9.95. The van der Waals surface area contributed by atoms with Gasteiger partial charge in [0, 0.05) is 30.6 Å². The fourth-order valence-corrected chi connectivity index (χ4v) is 4.46. The molecule has 2 heterocycles. The van der Waals surface area contributed by atoms with Crippen molar-refractivity contribution in [2.75, 3.05) is 31.6 Å². The molecule has 6 nitrogen and oxygen atoms in total. The maximum atomic E-state index is 12.9. The number of benzene rings is 2. The third-order valence-electron chi connectivity index (χ3n) is 6.22. The molecule has 0 aliphatic carbocycles. The van der Waals surface area contributed by atoms with E-state index in [0.717, 1.165) is 56.9 Å². The van der Waals surface area contributed by atoms with Crippen LogP contribution in [0.25, 0.3) is 0 Å². The van der Waals surface area contributed by atoms with Crippen molar-refractivity contribution in [3.05, 3.63) is 64.7 Å². The van der Waals surface area contributed by atoms with Gasteiger partial charge in [0.15, 0.2) is 0 Å². The largest absolute Gasteiger partial charge is 0.376 e. The van der Waals surface area contributed by atoms with Crippen LogP contribution in [0.3, 0.4) is 0 Å². The van der Waals surface area contributed by atoms with E-state index < -0.39 is 0 Å². The van der Waals surface area contributed by atoms with E-state index in [9.17, 15) is 9.59 Å². The SMILES string of the molecule is O=C(NC[C@H]1CCCO1)c1ccccc1NC(=O)C1CCN(Cc2ccc(Cl)cc2)CC1. The molecule has 2 aliphatic rings. The average molecular weight is 456 g/mol. The molecule has 170 valence electrons. The zero-order valence-electron chi connectivity index (χ0n) is 18.2. The highest BCUT2D eigenvalue weighted by molar-refractivity contribution is 6.30. The number of likely N-dealkylation sites (tertiary alicyclic amines) is 1. The van der Waals surface area contributed by atoms with Gasteiger partial charge in [-0.2, -0.15) is 0 Å². The number of ether oxygens (including phenoxy) is 1. The number of nitrogens with zero attached hydrogens (tertiary/aromatic N) is 1. The van der Waals surface area contributed by atoms with Gasteiger partial charge in [-0.3, -0.25) is 14.5 Å². The van der Waals surface area contributed by atoms with E-state index in [0.29, 0.717) is 17.8 Å². The van der Waals surface area contributed by atoms with Crippen molar-refractivity contribution in [2.45, 2.75) is 38.3 Å². The Morgan fingerprint density at radius 1 is 1.03 bits per heavy atom. The number of para-hydroxylation sites is 1. The highest BCUT2D eigenvalue weighted by Gasteiger charge is 2.26. The molecule has 0 spiro atoms. The van der Waals surface area contributed by atoms with Crippen LogP contribution < -0.4 is 10.6 Å². The van der Waals surface area contributed by atoms with Crippen molar-refractivity contribution in [3.8, 4) is 0 Å². The molecule has 2 N–H and O–H groups in total. The molecule has 0 saturated carbocycles. The van der Waals surface area contributed by atoms with Gasteiger partial charge in [-0.25, -0.2) is 0 Å². The third-order valence-corrected chi connectivity index (χ3v) is 6.47. The minimum absolute atomic E-state index is 0.0180. The van der Waals surface area contributed by atoms with Gasteiger partial charge in [0.1, 0.15) is 0 Å². The Labute approximate surface area is 194 Å². The van der Waals surface area contributed by atoms with Crippen molar-refractivity contribution in [1.29, 1.82) is 0 Å². The number of carbonyl (C=O) groups is 2. The Kier molecular flexibility index (Phi) is 7.79. The van der Waals surface area contributed by atoms with Gasteiger partial charge in [0.05, 0.1) is 17.4 Å². The summed E-state index contributed by atoms with van der Waals surface area (Å²) in [5, 5.41) is 6.67. The van der Waals surface area contributed by atoms with Gasteiger partial charge in [0.2, 0.25) is 5.91 Å². The molecule has 2 aliphatic heterocycles. The summed E-state index contributed by atoms with van der Waals surface area (Å²) in [6.45, 7) is 3.84. The minimum atomic E-state index is -0.186. The molecule has 32 heavy (non-hydrogen) atoms. The number of hydrogen-bond acceptors (Lipinski definition) is 4. The summed E-state index contributed by atoms with van der Waals surface area (Å²) in [7, 11) is 0. The van der Waals surface area contributed by atoms with Crippen LogP contribution in [0.1, 0.15) is 41.6 Å². The molecule has 0 bridgehead atoms. The normalized spacial score (nSPS) is 19.6. The molecule has 2 aromatic rings. The predicted octanol–water partition coefficient (Wildman–Crippen LogP) is 4.10. The topological polar surface area (TPSA) is 70.7 Å². The Hall–Kier alpha value is -2.41. The first kappa shape index (κ1) is 22.8. The lowest BCUT2D eigenvalue weighted by molar-refractivity contribution is -0.121. The molecule has 1 atom stereocenters. The minimum Gasteiger partial charge on any atom is -0.376 e. The number of carbonyl (C=O) groups excluding carboxylic acids is 2. The van der Waals surface area contributed by atoms with Crippen LogP contribution in [-0.4, -0.2) is 49.1 Å². The van der Waals surface area contributed by atoms with E-state index in [1.807, 2.05) is 36.4 Å². The second kappa shape index (κ2) is 10.9. The third kappa shape index (κ3) is 6.09. The van der Waals surface area contributed by atoms with Crippen LogP contribution in [-0.2, 0) is 16.1 Å². The molecular weight excluding hydrogens is 426 g/mol. The van der Waals surface area contributed by atoms with Crippen LogP contribution in [0.15, 0.2) is 48.5 Å². The molecule has 4 rings (SSSR count). The van der Waals surface area contributed by atoms with Gasteiger partial charge in [-0.15, -0.1) is 0 Å². The molecule has 2 saturated heterocycles. The van der Waals surface area contributed by atoms with Gasteiger partial charge in [-0.1, -0.05) is 35.9 Å². The predicted molar refractivity (Wildman–Crippen MR) is 126 cm³/mol. The number of nitrogens with one attached hydrogen (secondary N) is 2. The van der Waals surface area contributed by atoms with E-state index in [2.05, 4.69) is 15.5 Å². The van der Waals surface area contributed by atoms with Crippen LogP contribution in [0.4, 0.5) is 5.69 Å². The first-order chi connectivity index (χ1) is 15.6. The molecule has 2 amide bonds. The van der Waals surface area contributed by atoms with Crippen molar-refractivity contribution in [3.63, 3.8) is 0 Å². The lowest BCUT2D eigenvalue weighted by Crippen LogP contribution is -2.38. The average Bonchev–Trinajstić information content (AvgIpc) is 3.33. The summed E-state index contributed by atoms with van der Waals surface area (Å²) in [5.74, 6) is -0.260. The first-order valence-corrected chi connectivity index (χ1v) is 11.7. The van der Waals surface area contributed by atoms with E-state index in [1.165, 1.54) is 5.56 Å². The molecule has 2 fully saturated rings. The van der Waals surface area contributed by atoms with Crippen molar-refractivity contribution >= 4 is 29.1 Å². The summed E-state index contributed by atoms with van der Waals surface area (Å²) in [4.78, 5) is 28.0. The van der Waals surface area contributed by atoms with Crippen LogP contribution in [0.2, 0.25) is 5.02 Å². The standard InChI is InChI=1S/C25H30ClN3O3/c26-20-9-7-18(8-10-20)17-29-13-11-19(12-14-29)24(30)28-23-6-2-1-5-22(23)25(31)27-16-21-4-3-15-32-21/h1-2,5-10,19,21H,3-4,11-17H2,(H,27,31)(H,28,30)/t21-/m1/s1. The second-order valence-electron chi connectivity index (χ2n) is 8.56. The zero-order chi connectivity index (χ0) is 22.3.